The Morgan fingerprint density at radius 3 is 2.64 bits per heavy atom. The Balaban J connectivity index is 3.76. The third-order valence-corrected chi connectivity index (χ3v) is 1.34. The molecule has 0 saturated carbocycles. The minimum atomic E-state index is -0.883. The second kappa shape index (κ2) is 6.48. The number of nitriles is 1. The Morgan fingerprint density at radius 2 is 2.21 bits per heavy atom. The number of rotatable bonds is 6. The van der Waals surface area contributed by atoms with Gasteiger partial charge in [0.25, 0.3) is 5.91 Å². The van der Waals surface area contributed by atoms with Gasteiger partial charge in [0.2, 0.25) is 0 Å². The molecule has 6 nitrogen and oxygen atoms in total. The zero-order valence-electron chi connectivity index (χ0n) is 7.49. The first-order valence-electron chi connectivity index (χ1n) is 3.93. The third-order valence-electron chi connectivity index (χ3n) is 1.34. The van der Waals surface area contributed by atoms with Crippen molar-refractivity contribution in [3.63, 3.8) is 0 Å². The summed E-state index contributed by atoms with van der Waals surface area (Å²) in [5, 5.41) is 19.3. The first kappa shape index (κ1) is 12.0. The van der Waals surface area contributed by atoms with Crippen molar-refractivity contribution in [1.82, 2.24) is 5.32 Å². The van der Waals surface area contributed by atoms with Crippen LogP contribution in [0.3, 0.4) is 0 Å². The Kier molecular flexibility index (Phi) is 5.54. The van der Waals surface area contributed by atoms with Crippen LogP contribution in [0.2, 0.25) is 0 Å². The lowest BCUT2D eigenvalue weighted by molar-refractivity contribution is -0.137. The standard InChI is InChI=1S/C8H11N3O3/c9-4-6(8(10)14)5-11-3-1-2-7(12)13/h5,11H,1-3H2,(H2,10,14)(H,12,13)/b6-5-. The normalized spacial score (nSPS) is 10.4. The van der Waals surface area contributed by atoms with Crippen LogP contribution in [0.1, 0.15) is 12.8 Å². The smallest absolute Gasteiger partial charge is 0.303 e. The van der Waals surface area contributed by atoms with Crippen molar-refractivity contribution in [2.45, 2.75) is 12.8 Å². The zero-order chi connectivity index (χ0) is 11.0. The van der Waals surface area contributed by atoms with Crippen molar-refractivity contribution in [3.05, 3.63) is 11.8 Å². The number of amides is 1. The van der Waals surface area contributed by atoms with Crippen LogP contribution in [0, 0.1) is 11.3 Å². The molecule has 0 heterocycles. The molecule has 0 aliphatic carbocycles. The average molecular weight is 197 g/mol. The fourth-order valence-corrected chi connectivity index (χ4v) is 0.674. The molecule has 0 aromatic rings. The number of aliphatic carboxylic acids is 1. The van der Waals surface area contributed by atoms with E-state index in [-0.39, 0.29) is 12.0 Å². The van der Waals surface area contributed by atoms with Crippen molar-refractivity contribution < 1.29 is 14.7 Å². The highest BCUT2D eigenvalue weighted by atomic mass is 16.4. The molecule has 0 rings (SSSR count). The van der Waals surface area contributed by atoms with Gasteiger partial charge >= 0.3 is 5.97 Å². The number of hydrogen-bond acceptors (Lipinski definition) is 4. The van der Waals surface area contributed by atoms with E-state index < -0.39 is 11.9 Å². The second-order valence-corrected chi connectivity index (χ2v) is 2.49. The van der Waals surface area contributed by atoms with Gasteiger partial charge in [0.15, 0.2) is 0 Å². The van der Waals surface area contributed by atoms with Gasteiger partial charge in [-0.3, -0.25) is 9.59 Å². The van der Waals surface area contributed by atoms with Gasteiger partial charge in [0, 0.05) is 19.2 Å². The molecule has 6 heteroatoms. The van der Waals surface area contributed by atoms with Crippen LogP contribution in [0.25, 0.3) is 0 Å². The first-order valence-corrected chi connectivity index (χ1v) is 3.93. The number of carboxylic acids is 1. The number of nitrogens with zero attached hydrogens (tertiary/aromatic N) is 1. The van der Waals surface area contributed by atoms with Crippen molar-refractivity contribution in [3.8, 4) is 6.07 Å². The zero-order valence-corrected chi connectivity index (χ0v) is 7.49. The predicted octanol–water partition coefficient (Wildman–Crippen LogP) is -0.666. The quantitative estimate of drug-likeness (QED) is 0.297. The number of primary amides is 1. The number of hydrogen-bond donors (Lipinski definition) is 3. The second-order valence-electron chi connectivity index (χ2n) is 2.49. The predicted molar refractivity (Wildman–Crippen MR) is 47.8 cm³/mol. The molecule has 4 N–H and O–H groups in total. The Hall–Kier alpha value is -2.03. The lowest BCUT2D eigenvalue weighted by Gasteiger charge is -1.98. The van der Waals surface area contributed by atoms with E-state index >= 15 is 0 Å². The fourth-order valence-electron chi connectivity index (χ4n) is 0.674. The van der Waals surface area contributed by atoms with Gasteiger partial charge < -0.3 is 16.2 Å². The van der Waals surface area contributed by atoms with Gasteiger partial charge in [-0.1, -0.05) is 0 Å². The molecule has 0 spiro atoms. The Labute approximate surface area is 81.0 Å². The highest BCUT2D eigenvalue weighted by molar-refractivity contribution is 5.95. The maximum absolute atomic E-state index is 10.5. The minimum Gasteiger partial charge on any atom is -0.481 e. The third kappa shape index (κ3) is 5.60. The average Bonchev–Trinajstić information content (AvgIpc) is 2.10. The fraction of sp³-hybridized carbons (Fsp3) is 0.375. The summed E-state index contributed by atoms with van der Waals surface area (Å²) in [6.45, 7) is 0.380. The Bertz CT molecular complexity index is 291. The molecule has 0 unspecified atom stereocenters. The molecule has 0 aromatic heterocycles. The summed E-state index contributed by atoms with van der Waals surface area (Å²) in [6.07, 6.45) is 1.65. The van der Waals surface area contributed by atoms with Crippen LogP contribution in [-0.4, -0.2) is 23.5 Å². The topological polar surface area (TPSA) is 116 Å². The van der Waals surface area contributed by atoms with E-state index in [2.05, 4.69) is 5.32 Å². The molecule has 1 amide bonds. The number of carbonyl (C=O) groups is 2. The molecule has 0 aliphatic rings. The summed E-state index contributed by atoms with van der Waals surface area (Å²) in [4.78, 5) is 20.6. The first-order chi connectivity index (χ1) is 6.57. The molecule has 0 atom stereocenters. The van der Waals surface area contributed by atoms with Gasteiger partial charge in [0.1, 0.15) is 11.6 Å². The highest BCUT2D eigenvalue weighted by Gasteiger charge is 2.01. The van der Waals surface area contributed by atoms with Crippen molar-refractivity contribution in [1.29, 1.82) is 5.26 Å². The van der Waals surface area contributed by atoms with E-state index in [1.165, 1.54) is 6.20 Å². The number of carbonyl (C=O) groups excluding carboxylic acids is 1. The van der Waals surface area contributed by atoms with E-state index in [1.807, 2.05) is 0 Å². The van der Waals surface area contributed by atoms with Crippen LogP contribution >= 0.6 is 0 Å². The van der Waals surface area contributed by atoms with Gasteiger partial charge in [-0.2, -0.15) is 5.26 Å². The lowest BCUT2D eigenvalue weighted by Crippen LogP contribution is -2.17. The summed E-state index contributed by atoms with van der Waals surface area (Å²) >= 11 is 0. The molecule has 0 radical (unpaired) electrons. The summed E-state index contributed by atoms with van der Waals surface area (Å²) in [6, 6.07) is 1.61. The molecule has 0 aliphatic heterocycles. The van der Waals surface area contributed by atoms with E-state index in [9.17, 15) is 9.59 Å². The summed E-state index contributed by atoms with van der Waals surface area (Å²) in [5.41, 5.74) is 4.67. The maximum atomic E-state index is 10.5. The molecule has 0 bridgehead atoms. The van der Waals surface area contributed by atoms with Crippen LogP contribution in [0.4, 0.5) is 0 Å². The molecule has 0 aromatic carbocycles. The molecule has 0 saturated heterocycles. The molecule has 0 fully saturated rings. The van der Waals surface area contributed by atoms with Gasteiger partial charge in [-0.15, -0.1) is 0 Å². The molecule has 76 valence electrons. The van der Waals surface area contributed by atoms with E-state index in [1.54, 1.807) is 6.07 Å². The highest BCUT2D eigenvalue weighted by Crippen LogP contribution is 1.89. The van der Waals surface area contributed by atoms with E-state index in [0.29, 0.717) is 13.0 Å². The van der Waals surface area contributed by atoms with Crippen LogP contribution < -0.4 is 11.1 Å². The van der Waals surface area contributed by atoms with E-state index in [0.717, 1.165) is 0 Å². The van der Waals surface area contributed by atoms with Crippen LogP contribution in [0.5, 0.6) is 0 Å². The van der Waals surface area contributed by atoms with E-state index in [4.69, 9.17) is 16.1 Å². The van der Waals surface area contributed by atoms with Gasteiger partial charge in [0.05, 0.1) is 0 Å². The molecular formula is C8H11N3O3. The van der Waals surface area contributed by atoms with Crippen molar-refractivity contribution in [2.75, 3.05) is 6.54 Å². The lowest BCUT2D eigenvalue weighted by atomic mass is 10.3. The molecular weight excluding hydrogens is 186 g/mol. The summed E-state index contributed by atoms with van der Waals surface area (Å²) in [5.74, 6) is -1.69. The number of carboxylic acid groups (broad SMARTS) is 1. The van der Waals surface area contributed by atoms with Crippen LogP contribution in [0.15, 0.2) is 11.8 Å². The summed E-state index contributed by atoms with van der Waals surface area (Å²) < 4.78 is 0. The van der Waals surface area contributed by atoms with Crippen LogP contribution in [-0.2, 0) is 9.59 Å². The summed E-state index contributed by atoms with van der Waals surface area (Å²) in [7, 11) is 0. The largest absolute Gasteiger partial charge is 0.481 e. The number of nitrogens with two attached hydrogens (primary N) is 1. The van der Waals surface area contributed by atoms with Gasteiger partial charge in [-0.25, -0.2) is 0 Å². The molecule has 14 heavy (non-hydrogen) atoms. The monoisotopic (exact) mass is 197 g/mol. The van der Waals surface area contributed by atoms with Crippen molar-refractivity contribution >= 4 is 11.9 Å². The minimum absolute atomic E-state index is 0.0410. The SMILES string of the molecule is N#C/C(=C/NCCCC(=O)O)C(N)=O. The Morgan fingerprint density at radius 1 is 1.57 bits per heavy atom. The van der Waals surface area contributed by atoms with Gasteiger partial charge in [-0.05, 0) is 6.42 Å². The maximum Gasteiger partial charge on any atom is 0.303 e. The number of nitrogens with one attached hydrogen (secondary N) is 1. The van der Waals surface area contributed by atoms with Crippen molar-refractivity contribution in [2.24, 2.45) is 5.73 Å².